The van der Waals surface area contributed by atoms with E-state index in [-0.39, 0.29) is 18.0 Å². The number of carbonyl (C=O) groups excluding carboxylic acids is 1. The van der Waals surface area contributed by atoms with Crippen LogP contribution < -0.4 is 4.74 Å². The second-order valence-electron chi connectivity index (χ2n) is 4.03. The van der Waals surface area contributed by atoms with E-state index in [1.54, 1.807) is 0 Å². The van der Waals surface area contributed by atoms with Crippen molar-refractivity contribution in [3.8, 4) is 5.75 Å². The summed E-state index contributed by atoms with van der Waals surface area (Å²) in [6, 6.07) is 3.88. The fourth-order valence-electron chi connectivity index (χ4n) is 1.59. The summed E-state index contributed by atoms with van der Waals surface area (Å²) in [4.78, 5) is 11.8. The Balaban J connectivity index is 2.52. The molecule has 0 saturated heterocycles. The number of unbranched alkanes of at least 4 members (excludes halogenated alkanes) is 2. The van der Waals surface area contributed by atoms with Crippen LogP contribution in [-0.2, 0) is 4.74 Å². The van der Waals surface area contributed by atoms with Gasteiger partial charge in [-0.1, -0.05) is 19.8 Å². The average Bonchev–Trinajstić information content (AvgIpc) is 2.38. The van der Waals surface area contributed by atoms with Gasteiger partial charge in [0.2, 0.25) is 0 Å². The van der Waals surface area contributed by atoms with Gasteiger partial charge < -0.3 is 9.47 Å². The van der Waals surface area contributed by atoms with Gasteiger partial charge in [-0.15, -0.1) is 0 Å². The first-order chi connectivity index (χ1) is 8.69. The van der Waals surface area contributed by atoms with Crippen molar-refractivity contribution in [2.24, 2.45) is 0 Å². The number of hydrogen-bond acceptors (Lipinski definition) is 3. The highest BCUT2D eigenvalue weighted by Crippen LogP contribution is 2.19. The number of halogens is 1. The maximum absolute atomic E-state index is 13.1. The summed E-state index contributed by atoms with van der Waals surface area (Å²) in [6.45, 7) is 2.61. The second kappa shape index (κ2) is 7.82. The van der Waals surface area contributed by atoms with E-state index in [0.717, 1.165) is 19.3 Å². The molecule has 0 fully saturated rings. The molecule has 4 heteroatoms. The number of methoxy groups -OCH3 is 1. The van der Waals surface area contributed by atoms with Crippen molar-refractivity contribution in [1.82, 2.24) is 0 Å². The monoisotopic (exact) mass is 254 g/mol. The summed E-state index contributed by atoms with van der Waals surface area (Å²) >= 11 is 0. The molecule has 0 atom stereocenters. The van der Waals surface area contributed by atoms with Crippen molar-refractivity contribution in [3.63, 3.8) is 0 Å². The van der Waals surface area contributed by atoms with Crippen LogP contribution in [0.2, 0.25) is 0 Å². The Morgan fingerprint density at radius 1 is 1.33 bits per heavy atom. The maximum atomic E-state index is 13.1. The van der Waals surface area contributed by atoms with Crippen molar-refractivity contribution in [2.75, 3.05) is 20.3 Å². The highest BCUT2D eigenvalue weighted by atomic mass is 19.1. The van der Waals surface area contributed by atoms with Gasteiger partial charge in [0, 0.05) is 6.61 Å². The molecule has 0 bridgehead atoms. The third-order valence-electron chi connectivity index (χ3n) is 2.59. The Labute approximate surface area is 107 Å². The molecule has 1 rings (SSSR count). The molecule has 0 N–H and O–H groups in total. The minimum atomic E-state index is -0.454. The summed E-state index contributed by atoms with van der Waals surface area (Å²) < 4.78 is 23.4. The minimum Gasteiger partial charge on any atom is -0.496 e. The Kier molecular flexibility index (Phi) is 6.36. The molecule has 0 heterocycles. The zero-order valence-corrected chi connectivity index (χ0v) is 10.9. The van der Waals surface area contributed by atoms with Gasteiger partial charge in [-0.05, 0) is 24.6 Å². The molecule has 1 aromatic carbocycles. The van der Waals surface area contributed by atoms with Gasteiger partial charge >= 0.3 is 0 Å². The molecule has 0 saturated carbocycles. The van der Waals surface area contributed by atoms with Crippen LogP contribution in [0.1, 0.15) is 36.5 Å². The van der Waals surface area contributed by atoms with E-state index in [1.807, 2.05) is 0 Å². The topological polar surface area (TPSA) is 35.5 Å². The minimum absolute atomic E-state index is 0.0382. The van der Waals surface area contributed by atoms with E-state index in [0.29, 0.717) is 12.4 Å². The first kappa shape index (κ1) is 14.6. The number of rotatable bonds is 8. The summed E-state index contributed by atoms with van der Waals surface area (Å²) in [5.74, 6) is -0.341. The first-order valence-electron chi connectivity index (χ1n) is 6.13. The standard InChI is InChI=1S/C14H19FO3/c1-3-4-5-8-18-10-13(16)12-9-11(15)6-7-14(12)17-2/h6-7,9H,3-5,8,10H2,1-2H3. The number of benzene rings is 1. The summed E-state index contributed by atoms with van der Waals surface area (Å²) in [6.07, 6.45) is 3.12. The summed E-state index contributed by atoms with van der Waals surface area (Å²) in [5, 5.41) is 0. The molecule has 0 radical (unpaired) electrons. The maximum Gasteiger partial charge on any atom is 0.192 e. The fourth-order valence-corrected chi connectivity index (χ4v) is 1.59. The molecular weight excluding hydrogens is 235 g/mol. The number of carbonyl (C=O) groups is 1. The number of ketones is 1. The molecule has 100 valence electrons. The lowest BCUT2D eigenvalue weighted by Gasteiger charge is -2.08. The van der Waals surface area contributed by atoms with Crippen LogP contribution in [0.25, 0.3) is 0 Å². The van der Waals surface area contributed by atoms with E-state index in [2.05, 4.69) is 6.92 Å². The largest absolute Gasteiger partial charge is 0.496 e. The number of Topliss-reactive ketones (excluding diaryl/α,β-unsaturated/α-hetero) is 1. The van der Waals surface area contributed by atoms with Gasteiger partial charge in [-0.2, -0.15) is 0 Å². The van der Waals surface area contributed by atoms with E-state index in [1.165, 1.54) is 25.3 Å². The summed E-state index contributed by atoms with van der Waals surface area (Å²) in [7, 11) is 1.45. The fraction of sp³-hybridized carbons (Fsp3) is 0.500. The van der Waals surface area contributed by atoms with Crippen LogP contribution in [0, 0.1) is 5.82 Å². The highest BCUT2D eigenvalue weighted by Gasteiger charge is 2.13. The van der Waals surface area contributed by atoms with Crippen LogP contribution in [0.4, 0.5) is 4.39 Å². The Bertz CT molecular complexity index is 391. The van der Waals surface area contributed by atoms with Gasteiger partial charge in [0.1, 0.15) is 18.2 Å². The SMILES string of the molecule is CCCCCOCC(=O)c1cc(F)ccc1OC. The van der Waals surface area contributed by atoms with Crippen molar-refractivity contribution >= 4 is 5.78 Å². The molecular formula is C14H19FO3. The predicted octanol–water partition coefficient (Wildman–Crippen LogP) is 3.22. The van der Waals surface area contributed by atoms with Gasteiger partial charge in [-0.3, -0.25) is 4.79 Å². The zero-order valence-electron chi connectivity index (χ0n) is 10.9. The Morgan fingerprint density at radius 3 is 2.78 bits per heavy atom. The van der Waals surface area contributed by atoms with Crippen LogP contribution in [0.3, 0.4) is 0 Å². The Morgan fingerprint density at radius 2 is 2.11 bits per heavy atom. The predicted molar refractivity (Wildman–Crippen MR) is 67.6 cm³/mol. The molecule has 18 heavy (non-hydrogen) atoms. The first-order valence-corrected chi connectivity index (χ1v) is 6.13. The highest BCUT2D eigenvalue weighted by molar-refractivity contribution is 5.99. The van der Waals surface area contributed by atoms with E-state index in [4.69, 9.17) is 9.47 Å². The molecule has 1 aromatic rings. The van der Waals surface area contributed by atoms with E-state index < -0.39 is 5.82 Å². The molecule has 3 nitrogen and oxygen atoms in total. The van der Waals surface area contributed by atoms with Crippen molar-refractivity contribution in [1.29, 1.82) is 0 Å². The third-order valence-corrected chi connectivity index (χ3v) is 2.59. The molecule has 0 amide bonds. The molecule has 0 aliphatic heterocycles. The van der Waals surface area contributed by atoms with Crippen LogP contribution >= 0.6 is 0 Å². The van der Waals surface area contributed by atoms with E-state index >= 15 is 0 Å². The number of hydrogen-bond donors (Lipinski definition) is 0. The van der Waals surface area contributed by atoms with Gasteiger partial charge in [-0.25, -0.2) is 4.39 Å². The molecule has 0 aliphatic rings. The summed E-state index contributed by atoms with van der Waals surface area (Å²) in [5.41, 5.74) is 0.230. The lowest BCUT2D eigenvalue weighted by atomic mass is 10.1. The average molecular weight is 254 g/mol. The molecule has 0 aliphatic carbocycles. The van der Waals surface area contributed by atoms with Gasteiger partial charge in [0.25, 0.3) is 0 Å². The third kappa shape index (κ3) is 4.45. The van der Waals surface area contributed by atoms with E-state index in [9.17, 15) is 9.18 Å². The van der Waals surface area contributed by atoms with Gasteiger partial charge in [0.15, 0.2) is 5.78 Å². The zero-order chi connectivity index (χ0) is 13.4. The quantitative estimate of drug-likeness (QED) is 0.528. The van der Waals surface area contributed by atoms with Crippen LogP contribution in [0.5, 0.6) is 5.75 Å². The lowest BCUT2D eigenvalue weighted by molar-refractivity contribution is 0.0749. The van der Waals surface area contributed by atoms with Crippen molar-refractivity contribution in [3.05, 3.63) is 29.6 Å². The van der Waals surface area contributed by atoms with Crippen LogP contribution in [-0.4, -0.2) is 26.1 Å². The van der Waals surface area contributed by atoms with Gasteiger partial charge in [0.05, 0.1) is 12.7 Å². The Hall–Kier alpha value is -1.42. The molecule has 0 spiro atoms. The molecule has 0 unspecified atom stereocenters. The number of ether oxygens (including phenoxy) is 2. The lowest BCUT2D eigenvalue weighted by Crippen LogP contribution is -2.11. The second-order valence-corrected chi connectivity index (χ2v) is 4.03. The van der Waals surface area contributed by atoms with Crippen LogP contribution in [0.15, 0.2) is 18.2 Å². The molecule has 0 aromatic heterocycles. The normalized spacial score (nSPS) is 10.4. The van der Waals surface area contributed by atoms with Crippen molar-refractivity contribution in [2.45, 2.75) is 26.2 Å². The smallest absolute Gasteiger partial charge is 0.192 e. The van der Waals surface area contributed by atoms with Crippen molar-refractivity contribution < 1.29 is 18.7 Å².